The van der Waals surface area contributed by atoms with Gasteiger partial charge in [0.25, 0.3) is 0 Å². The molecule has 12 heavy (non-hydrogen) atoms. The van der Waals surface area contributed by atoms with Crippen molar-refractivity contribution in [3.05, 3.63) is 0 Å². The van der Waals surface area contributed by atoms with Gasteiger partial charge in [-0.05, 0) is 20.0 Å². The number of rotatable bonds is 5. The Morgan fingerprint density at radius 2 is 2.08 bits per heavy atom. The number of hydrogen-bond acceptors (Lipinski definition) is 4. The fraction of sp³-hybridized carbons (Fsp3) is 1.00. The maximum Gasteiger partial charge on any atom is 0.0594 e. The van der Waals surface area contributed by atoms with Crippen LogP contribution >= 0.6 is 0 Å². The molecule has 0 bridgehead atoms. The molecule has 0 radical (unpaired) electrons. The first-order valence-electron chi connectivity index (χ1n) is 4.63. The van der Waals surface area contributed by atoms with Gasteiger partial charge in [-0.3, -0.25) is 15.8 Å². The first-order chi connectivity index (χ1) is 5.93. The number of nitrogens with one attached hydrogen (secondary N) is 2. The van der Waals surface area contributed by atoms with Gasteiger partial charge in [0, 0.05) is 19.6 Å². The van der Waals surface area contributed by atoms with Crippen molar-refractivity contribution in [3.63, 3.8) is 0 Å². The maximum atomic E-state index is 5.26. The van der Waals surface area contributed by atoms with Gasteiger partial charge in [-0.25, -0.2) is 0 Å². The molecular weight excluding hydrogens is 154 g/mol. The zero-order valence-electron chi connectivity index (χ0n) is 7.81. The average molecular weight is 173 g/mol. The van der Waals surface area contributed by atoms with Crippen LogP contribution in [-0.2, 0) is 4.74 Å². The Balaban J connectivity index is 1.91. The fourth-order valence-corrected chi connectivity index (χ4v) is 1.34. The third-order valence-electron chi connectivity index (χ3n) is 2.06. The van der Waals surface area contributed by atoms with E-state index in [2.05, 4.69) is 15.8 Å². The molecule has 2 N–H and O–H groups in total. The van der Waals surface area contributed by atoms with Gasteiger partial charge in [-0.1, -0.05) is 0 Å². The second-order valence-corrected chi connectivity index (χ2v) is 2.98. The number of ether oxygens (including phenoxy) is 1. The molecule has 72 valence electrons. The summed E-state index contributed by atoms with van der Waals surface area (Å²) in [6, 6.07) is 0. The highest BCUT2D eigenvalue weighted by Gasteiger charge is 2.08. The predicted octanol–water partition coefficient (Wildman–Crippen LogP) is -0.567. The van der Waals surface area contributed by atoms with E-state index < -0.39 is 0 Å². The molecule has 0 aromatic rings. The first kappa shape index (κ1) is 9.92. The van der Waals surface area contributed by atoms with Crippen LogP contribution in [0.1, 0.15) is 6.42 Å². The molecule has 0 saturated carbocycles. The summed E-state index contributed by atoms with van der Waals surface area (Å²) in [7, 11) is 1.90. The topological polar surface area (TPSA) is 36.5 Å². The van der Waals surface area contributed by atoms with E-state index in [1.54, 1.807) is 0 Å². The van der Waals surface area contributed by atoms with Gasteiger partial charge in [-0.2, -0.15) is 0 Å². The second kappa shape index (κ2) is 6.37. The summed E-state index contributed by atoms with van der Waals surface area (Å²) in [5.41, 5.74) is 5.99. The molecule has 1 rings (SSSR count). The van der Waals surface area contributed by atoms with E-state index >= 15 is 0 Å². The van der Waals surface area contributed by atoms with Crippen molar-refractivity contribution in [3.8, 4) is 0 Å². The zero-order valence-corrected chi connectivity index (χ0v) is 7.81. The summed E-state index contributed by atoms with van der Waals surface area (Å²) in [6.45, 7) is 6.21. The molecule has 0 aliphatic carbocycles. The zero-order chi connectivity index (χ0) is 8.65. The largest absolute Gasteiger partial charge is 0.379 e. The molecule has 0 aromatic heterocycles. The highest BCUT2D eigenvalue weighted by atomic mass is 16.5. The number of hydrazine groups is 1. The summed E-state index contributed by atoms with van der Waals surface area (Å²) >= 11 is 0. The number of morpholine rings is 1. The quantitative estimate of drug-likeness (QED) is 0.431. The van der Waals surface area contributed by atoms with Gasteiger partial charge in [0.05, 0.1) is 13.2 Å². The van der Waals surface area contributed by atoms with Crippen LogP contribution in [0.3, 0.4) is 0 Å². The lowest BCUT2D eigenvalue weighted by Crippen LogP contribution is -2.38. The molecule has 0 amide bonds. The Hall–Kier alpha value is -0.160. The van der Waals surface area contributed by atoms with Gasteiger partial charge in [0.15, 0.2) is 0 Å². The van der Waals surface area contributed by atoms with Gasteiger partial charge < -0.3 is 4.74 Å². The molecular formula is C8H19N3O. The molecule has 0 unspecified atom stereocenters. The third kappa shape index (κ3) is 4.01. The Labute approximate surface area is 74.2 Å². The van der Waals surface area contributed by atoms with Crippen LogP contribution in [0.25, 0.3) is 0 Å². The molecule has 4 nitrogen and oxygen atoms in total. The molecule has 0 atom stereocenters. The molecule has 1 saturated heterocycles. The molecule has 0 aromatic carbocycles. The monoisotopic (exact) mass is 173 g/mol. The summed E-state index contributed by atoms with van der Waals surface area (Å²) in [6.07, 6.45) is 1.20. The molecule has 4 heteroatoms. The Kier molecular flexibility index (Phi) is 5.27. The molecule has 1 heterocycles. The smallest absolute Gasteiger partial charge is 0.0594 e. The van der Waals surface area contributed by atoms with E-state index in [-0.39, 0.29) is 0 Å². The average Bonchev–Trinajstić information content (AvgIpc) is 2.14. The maximum absolute atomic E-state index is 5.26. The predicted molar refractivity (Wildman–Crippen MR) is 48.9 cm³/mol. The number of nitrogens with zero attached hydrogens (tertiary/aromatic N) is 1. The van der Waals surface area contributed by atoms with Gasteiger partial charge >= 0.3 is 0 Å². The minimum Gasteiger partial charge on any atom is -0.379 e. The molecule has 1 aliphatic heterocycles. The van der Waals surface area contributed by atoms with E-state index in [4.69, 9.17) is 4.74 Å². The van der Waals surface area contributed by atoms with Crippen molar-refractivity contribution < 1.29 is 4.74 Å². The van der Waals surface area contributed by atoms with Crippen molar-refractivity contribution in [1.82, 2.24) is 15.8 Å². The minimum absolute atomic E-state index is 0.902. The van der Waals surface area contributed by atoms with Gasteiger partial charge in [0.1, 0.15) is 0 Å². The summed E-state index contributed by atoms with van der Waals surface area (Å²) in [5.74, 6) is 0. The standard InChI is InChI=1S/C8H19N3O/c1-9-10-3-2-4-11-5-7-12-8-6-11/h9-10H,2-8H2,1H3. The highest BCUT2D eigenvalue weighted by molar-refractivity contribution is 4.61. The SMILES string of the molecule is CNNCCCN1CCOCC1. The lowest BCUT2D eigenvalue weighted by atomic mass is 10.3. The normalized spacial score (nSPS) is 19.8. The van der Waals surface area contributed by atoms with Crippen molar-refractivity contribution in [1.29, 1.82) is 0 Å². The van der Waals surface area contributed by atoms with Crippen LogP contribution in [0, 0.1) is 0 Å². The van der Waals surface area contributed by atoms with E-state index in [9.17, 15) is 0 Å². The van der Waals surface area contributed by atoms with Gasteiger partial charge in [-0.15, -0.1) is 0 Å². The Bertz CT molecular complexity index is 104. The highest BCUT2D eigenvalue weighted by Crippen LogP contribution is 1.96. The van der Waals surface area contributed by atoms with E-state index in [0.29, 0.717) is 0 Å². The van der Waals surface area contributed by atoms with E-state index in [1.165, 1.54) is 13.0 Å². The van der Waals surface area contributed by atoms with E-state index in [1.807, 2.05) is 7.05 Å². The van der Waals surface area contributed by atoms with Gasteiger partial charge in [0.2, 0.25) is 0 Å². The second-order valence-electron chi connectivity index (χ2n) is 2.98. The summed E-state index contributed by atoms with van der Waals surface area (Å²) in [5, 5.41) is 0. The third-order valence-corrected chi connectivity index (χ3v) is 2.06. The molecule has 0 spiro atoms. The fourth-order valence-electron chi connectivity index (χ4n) is 1.34. The summed E-state index contributed by atoms with van der Waals surface area (Å²) in [4.78, 5) is 2.45. The lowest BCUT2D eigenvalue weighted by molar-refractivity contribution is 0.0374. The van der Waals surface area contributed by atoms with Crippen LogP contribution in [0.5, 0.6) is 0 Å². The van der Waals surface area contributed by atoms with Crippen LogP contribution < -0.4 is 10.9 Å². The van der Waals surface area contributed by atoms with Crippen molar-refractivity contribution in [2.75, 3.05) is 46.4 Å². The van der Waals surface area contributed by atoms with Crippen LogP contribution in [0.2, 0.25) is 0 Å². The van der Waals surface area contributed by atoms with Crippen molar-refractivity contribution in [2.24, 2.45) is 0 Å². The Morgan fingerprint density at radius 1 is 1.33 bits per heavy atom. The van der Waals surface area contributed by atoms with E-state index in [0.717, 1.165) is 32.8 Å². The summed E-state index contributed by atoms with van der Waals surface area (Å²) < 4.78 is 5.26. The first-order valence-corrected chi connectivity index (χ1v) is 4.63. The van der Waals surface area contributed by atoms with Crippen molar-refractivity contribution in [2.45, 2.75) is 6.42 Å². The van der Waals surface area contributed by atoms with Crippen LogP contribution in [-0.4, -0.2) is 51.3 Å². The molecule has 1 aliphatic rings. The van der Waals surface area contributed by atoms with Crippen LogP contribution in [0.4, 0.5) is 0 Å². The Morgan fingerprint density at radius 3 is 2.75 bits per heavy atom. The number of hydrogen-bond donors (Lipinski definition) is 2. The lowest BCUT2D eigenvalue weighted by Gasteiger charge is -2.26. The van der Waals surface area contributed by atoms with Crippen molar-refractivity contribution >= 4 is 0 Å². The molecule has 1 fully saturated rings. The van der Waals surface area contributed by atoms with Crippen LogP contribution in [0.15, 0.2) is 0 Å². The minimum atomic E-state index is 0.902.